The van der Waals surface area contributed by atoms with Crippen LogP contribution < -0.4 is 4.90 Å². The third-order valence-corrected chi connectivity index (χ3v) is 6.52. The van der Waals surface area contributed by atoms with Gasteiger partial charge in [0, 0.05) is 33.2 Å². The van der Waals surface area contributed by atoms with Crippen molar-refractivity contribution in [1.29, 1.82) is 0 Å². The van der Waals surface area contributed by atoms with E-state index in [1.54, 1.807) is 23.1 Å². The number of amides is 1. The van der Waals surface area contributed by atoms with Crippen LogP contribution in [0.1, 0.15) is 0 Å². The van der Waals surface area contributed by atoms with Crippen LogP contribution in [0, 0.1) is 11.6 Å². The van der Waals surface area contributed by atoms with Crippen LogP contribution in [0.4, 0.5) is 14.5 Å². The second-order valence-electron chi connectivity index (χ2n) is 6.53. The van der Waals surface area contributed by atoms with Gasteiger partial charge in [0.1, 0.15) is 11.6 Å². The summed E-state index contributed by atoms with van der Waals surface area (Å²) < 4.78 is 52.9. The summed E-state index contributed by atoms with van der Waals surface area (Å²) in [7, 11) is -2.58. The molecule has 0 N–H and O–H groups in total. The first-order valence-corrected chi connectivity index (χ1v) is 10.2. The molecule has 0 aliphatic carbocycles. The summed E-state index contributed by atoms with van der Waals surface area (Å²) >= 11 is 0. The Bertz CT molecular complexity index is 943. The number of nitrogens with zero attached hydrogens (tertiary/aromatic N) is 3. The Hall–Kier alpha value is -2.52. The summed E-state index contributed by atoms with van der Waals surface area (Å²) in [5.41, 5.74) is 0.491. The number of halogens is 2. The molecule has 1 heterocycles. The van der Waals surface area contributed by atoms with E-state index in [-0.39, 0.29) is 23.2 Å². The number of para-hydroxylation sites is 1. The molecule has 0 unspecified atom stereocenters. The van der Waals surface area contributed by atoms with E-state index in [2.05, 4.69) is 0 Å². The van der Waals surface area contributed by atoms with E-state index in [4.69, 9.17) is 0 Å². The first kappa shape index (κ1) is 20.2. The predicted octanol–water partition coefficient (Wildman–Crippen LogP) is 1.93. The van der Waals surface area contributed by atoms with Gasteiger partial charge in [0.05, 0.1) is 17.1 Å². The number of sulfonamides is 1. The predicted molar refractivity (Wildman–Crippen MR) is 101 cm³/mol. The lowest BCUT2D eigenvalue weighted by Crippen LogP contribution is -2.51. The third kappa shape index (κ3) is 4.31. The van der Waals surface area contributed by atoms with Crippen molar-refractivity contribution in [3.63, 3.8) is 0 Å². The Kier molecular flexibility index (Phi) is 5.95. The molecule has 0 bridgehead atoms. The maximum absolute atomic E-state index is 13.9. The number of benzene rings is 2. The number of hydrogen-bond donors (Lipinski definition) is 0. The Morgan fingerprint density at radius 3 is 2.21 bits per heavy atom. The van der Waals surface area contributed by atoms with Crippen molar-refractivity contribution in [3.8, 4) is 0 Å². The van der Waals surface area contributed by atoms with E-state index in [0.29, 0.717) is 31.9 Å². The first-order valence-electron chi connectivity index (χ1n) is 8.78. The number of rotatable bonds is 5. The molecule has 2 aromatic rings. The standard InChI is InChI=1S/C19H21F2N3O3S/c1-22(28(26,27)16-8-6-15(20)7-9-16)14-19(25)24-12-10-23(11-13-24)18-5-3-2-4-17(18)21/h2-9H,10-14H2,1H3. The van der Waals surface area contributed by atoms with Crippen LogP contribution in [0.25, 0.3) is 0 Å². The van der Waals surface area contributed by atoms with E-state index in [0.717, 1.165) is 16.4 Å². The number of piperazine rings is 1. The molecule has 0 atom stereocenters. The molecule has 150 valence electrons. The zero-order chi connectivity index (χ0) is 20.3. The Balaban J connectivity index is 1.59. The topological polar surface area (TPSA) is 60.9 Å². The van der Waals surface area contributed by atoms with Crippen molar-refractivity contribution >= 4 is 21.6 Å². The van der Waals surface area contributed by atoms with Crippen molar-refractivity contribution in [2.45, 2.75) is 4.90 Å². The highest BCUT2D eigenvalue weighted by atomic mass is 32.2. The molecule has 1 aliphatic rings. The average Bonchev–Trinajstić information content (AvgIpc) is 2.69. The minimum atomic E-state index is -3.89. The highest BCUT2D eigenvalue weighted by Gasteiger charge is 2.27. The quantitative estimate of drug-likeness (QED) is 0.757. The lowest BCUT2D eigenvalue weighted by atomic mass is 10.2. The van der Waals surface area contributed by atoms with E-state index < -0.39 is 15.8 Å². The molecule has 2 aromatic carbocycles. The van der Waals surface area contributed by atoms with Crippen LogP contribution in [-0.4, -0.2) is 63.3 Å². The molecule has 3 rings (SSSR count). The summed E-state index contributed by atoms with van der Waals surface area (Å²) in [4.78, 5) is 15.9. The van der Waals surface area contributed by atoms with Crippen molar-refractivity contribution in [1.82, 2.24) is 9.21 Å². The van der Waals surface area contributed by atoms with Crippen LogP contribution in [-0.2, 0) is 14.8 Å². The molecule has 1 fully saturated rings. The number of hydrogen-bond acceptors (Lipinski definition) is 4. The van der Waals surface area contributed by atoms with E-state index in [9.17, 15) is 22.0 Å². The highest BCUT2D eigenvalue weighted by Crippen LogP contribution is 2.20. The zero-order valence-corrected chi connectivity index (χ0v) is 16.2. The molecule has 0 saturated carbocycles. The largest absolute Gasteiger partial charge is 0.366 e. The molecule has 1 aliphatic heterocycles. The van der Waals surface area contributed by atoms with Crippen molar-refractivity contribution in [3.05, 3.63) is 60.2 Å². The van der Waals surface area contributed by atoms with Gasteiger partial charge >= 0.3 is 0 Å². The summed E-state index contributed by atoms with van der Waals surface area (Å²) in [5, 5.41) is 0. The van der Waals surface area contributed by atoms with Crippen LogP contribution in [0.15, 0.2) is 53.4 Å². The Morgan fingerprint density at radius 2 is 1.61 bits per heavy atom. The van der Waals surface area contributed by atoms with Gasteiger partial charge in [0.2, 0.25) is 15.9 Å². The maximum atomic E-state index is 13.9. The number of anilines is 1. The monoisotopic (exact) mass is 409 g/mol. The molecule has 0 radical (unpaired) electrons. The normalized spacial score (nSPS) is 15.1. The molecule has 6 nitrogen and oxygen atoms in total. The number of likely N-dealkylation sites (N-methyl/N-ethyl adjacent to an activating group) is 1. The van der Waals surface area contributed by atoms with Crippen molar-refractivity contribution in [2.24, 2.45) is 0 Å². The van der Waals surface area contributed by atoms with Crippen molar-refractivity contribution < 1.29 is 22.0 Å². The molecular weight excluding hydrogens is 388 g/mol. The van der Waals surface area contributed by atoms with Crippen LogP contribution in [0.5, 0.6) is 0 Å². The first-order chi connectivity index (χ1) is 13.3. The van der Waals surface area contributed by atoms with Gasteiger partial charge in [-0.1, -0.05) is 12.1 Å². The summed E-state index contributed by atoms with van der Waals surface area (Å²) in [5.74, 6) is -1.18. The van der Waals surface area contributed by atoms with E-state index in [1.807, 2.05) is 4.90 Å². The Morgan fingerprint density at radius 1 is 1.00 bits per heavy atom. The fourth-order valence-corrected chi connectivity index (χ4v) is 4.19. The number of carbonyl (C=O) groups is 1. The van der Waals surface area contributed by atoms with Gasteiger partial charge in [-0.15, -0.1) is 0 Å². The van der Waals surface area contributed by atoms with Crippen LogP contribution in [0.3, 0.4) is 0 Å². The third-order valence-electron chi connectivity index (χ3n) is 4.71. The molecule has 1 saturated heterocycles. The van der Waals surface area contributed by atoms with Gasteiger partial charge in [-0.2, -0.15) is 4.31 Å². The highest BCUT2D eigenvalue weighted by molar-refractivity contribution is 7.89. The van der Waals surface area contributed by atoms with Gasteiger partial charge < -0.3 is 9.80 Å². The van der Waals surface area contributed by atoms with Gasteiger partial charge in [-0.25, -0.2) is 17.2 Å². The lowest BCUT2D eigenvalue weighted by molar-refractivity contribution is -0.131. The van der Waals surface area contributed by atoms with E-state index >= 15 is 0 Å². The zero-order valence-electron chi connectivity index (χ0n) is 15.4. The minimum absolute atomic E-state index is 0.0754. The molecule has 1 amide bonds. The average molecular weight is 409 g/mol. The van der Waals surface area contributed by atoms with Crippen LogP contribution in [0.2, 0.25) is 0 Å². The second-order valence-corrected chi connectivity index (χ2v) is 8.58. The molecular formula is C19H21F2N3O3S. The van der Waals surface area contributed by atoms with Gasteiger partial charge in [0.15, 0.2) is 0 Å². The number of carbonyl (C=O) groups excluding carboxylic acids is 1. The summed E-state index contributed by atoms with van der Waals surface area (Å²) in [6, 6.07) is 10.9. The summed E-state index contributed by atoms with van der Waals surface area (Å²) in [6.45, 7) is 1.34. The Labute approximate surface area is 163 Å². The second kappa shape index (κ2) is 8.24. The summed E-state index contributed by atoms with van der Waals surface area (Å²) in [6.07, 6.45) is 0. The van der Waals surface area contributed by atoms with Gasteiger partial charge in [-0.3, -0.25) is 4.79 Å². The molecule has 28 heavy (non-hydrogen) atoms. The SMILES string of the molecule is CN(CC(=O)N1CCN(c2ccccc2F)CC1)S(=O)(=O)c1ccc(F)cc1. The maximum Gasteiger partial charge on any atom is 0.243 e. The molecule has 9 heteroatoms. The van der Waals surface area contributed by atoms with E-state index in [1.165, 1.54) is 25.2 Å². The smallest absolute Gasteiger partial charge is 0.243 e. The minimum Gasteiger partial charge on any atom is -0.366 e. The fourth-order valence-electron chi connectivity index (χ4n) is 3.07. The van der Waals surface area contributed by atoms with Gasteiger partial charge in [0.25, 0.3) is 0 Å². The molecule has 0 aromatic heterocycles. The molecule has 0 spiro atoms. The van der Waals surface area contributed by atoms with Crippen molar-refractivity contribution in [2.75, 3.05) is 44.7 Å². The lowest BCUT2D eigenvalue weighted by Gasteiger charge is -2.36. The fraction of sp³-hybridized carbons (Fsp3) is 0.316. The van der Waals surface area contributed by atoms with Crippen LogP contribution >= 0.6 is 0 Å². The van der Waals surface area contributed by atoms with Gasteiger partial charge in [-0.05, 0) is 36.4 Å².